The number of nitrogens with zero attached hydrogens (tertiary/aromatic N) is 4. The van der Waals surface area contributed by atoms with Gasteiger partial charge in [0.25, 0.3) is 0 Å². The van der Waals surface area contributed by atoms with Gasteiger partial charge >= 0.3 is 6.09 Å². The lowest BCUT2D eigenvalue weighted by Crippen LogP contribution is -2.39. The van der Waals surface area contributed by atoms with Gasteiger partial charge in [-0.2, -0.15) is 5.10 Å². The lowest BCUT2D eigenvalue weighted by Gasteiger charge is -2.30. The van der Waals surface area contributed by atoms with Crippen molar-refractivity contribution in [1.29, 1.82) is 0 Å². The first-order valence-electron chi connectivity index (χ1n) is 11.5. The van der Waals surface area contributed by atoms with Gasteiger partial charge < -0.3 is 9.64 Å². The highest BCUT2D eigenvalue weighted by Gasteiger charge is 2.31. The van der Waals surface area contributed by atoms with Gasteiger partial charge in [0.1, 0.15) is 5.60 Å². The topological polar surface area (TPSA) is 59.7 Å². The Hall–Kier alpha value is -3.41. The van der Waals surface area contributed by atoms with Gasteiger partial charge in [0.2, 0.25) is 0 Å². The Kier molecular flexibility index (Phi) is 5.11. The molecule has 3 aromatic rings. The van der Waals surface area contributed by atoms with Crippen LogP contribution in [0.15, 0.2) is 41.4 Å². The summed E-state index contributed by atoms with van der Waals surface area (Å²) in [6.45, 7) is 11.0. The van der Waals surface area contributed by atoms with Crippen LogP contribution in [0.25, 0.3) is 16.9 Å². The van der Waals surface area contributed by atoms with Crippen molar-refractivity contribution >= 4 is 18.0 Å². The van der Waals surface area contributed by atoms with Gasteiger partial charge in [-0.15, -0.1) is 0 Å². The second kappa shape index (κ2) is 7.87. The molecule has 33 heavy (non-hydrogen) atoms. The quantitative estimate of drug-likeness (QED) is 0.511. The molecule has 0 bridgehead atoms. The maximum atomic E-state index is 12.9. The van der Waals surface area contributed by atoms with Crippen LogP contribution >= 0.6 is 0 Å². The van der Waals surface area contributed by atoms with Crippen molar-refractivity contribution in [3.63, 3.8) is 0 Å². The number of carbonyl (C=O) groups is 1. The van der Waals surface area contributed by atoms with E-state index in [-0.39, 0.29) is 6.09 Å². The number of rotatable bonds is 2. The van der Waals surface area contributed by atoms with Crippen molar-refractivity contribution in [1.82, 2.24) is 14.7 Å². The summed E-state index contributed by atoms with van der Waals surface area (Å²) in [6.07, 6.45) is 3.22. The summed E-state index contributed by atoms with van der Waals surface area (Å²) in [5, 5.41) is 5.09. The van der Waals surface area contributed by atoms with Crippen LogP contribution in [0.5, 0.6) is 0 Å². The van der Waals surface area contributed by atoms with E-state index in [0.717, 1.165) is 40.3 Å². The molecular weight excluding hydrogens is 412 g/mol. The highest BCUT2D eigenvalue weighted by molar-refractivity contribution is 5.80. The molecule has 1 amide bonds. The van der Waals surface area contributed by atoms with E-state index in [1.807, 2.05) is 27.0 Å². The summed E-state index contributed by atoms with van der Waals surface area (Å²) in [7, 11) is 0. The third kappa shape index (κ3) is 3.94. The summed E-state index contributed by atoms with van der Waals surface area (Å²) in [4.78, 5) is 19.1. The number of benzene rings is 2. The van der Waals surface area contributed by atoms with E-state index >= 15 is 0 Å². The molecule has 0 atom stereocenters. The van der Waals surface area contributed by atoms with Crippen molar-refractivity contribution in [2.75, 3.05) is 6.54 Å². The third-order valence-corrected chi connectivity index (χ3v) is 6.23. The number of hydrogen-bond acceptors (Lipinski definition) is 4. The average Bonchev–Trinajstić information content (AvgIpc) is 3.35. The second-order valence-electron chi connectivity index (χ2n) is 9.94. The van der Waals surface area contributed by atoms with E-state index < -0.39 is 5.60 Å². The summed E-state index contributed by atoms with van der Waals surface area (Å²) in [5.41, 5.74) is 9.45. The minimum absolute atomic E-state index is 0.277. The van der Waals surface area contributed by atoms with Crippen LogP contribution in [0, 0.1) is 13.8 Å². The highest BCUT2D eigenvalue weighted by Crippen LogP contribution is 2.37. The van der Waals surface area contributed by atoms with Crippen molar-refractivity contribution < 1.29 is 9.53 Å². The number of aromatic nitrogens is 2. The van der Waals surface area contributed by atoms with E-state index in [0.29, 0.717) is 19.5 Å². The van der Waals surface area contributed by atoms with Gasteiger partial charge in [0, 0.05) is 36.7 Å². The molecule has 2 aliphatic rings. The summed E-state index contributed by atoms with van der Waals surface area (Å²) < 4.78 is 7.76. The summed E-state index contributed by atoms with van der Waals surface area (Å²) in [6, 6.07) is 12.7. The maximum absolute atomic E-state index is 12.9. The molecule has 2 aromatic carbocycles. The molecule has 1 aromatic heterocycles. The van der Waals surface area contributed by atoms with Crippen LogP contribution < -0.4 is 0 Å². The summed E-state index contributed by atoms with van der Waals surface area (Å²) >= 11 is 0. The third-order valence-electron chi connectivity index (χ3n) is 6.23. The van der Waals surface area contributed by atoms with Crippen molar-refractivity contribution in [2.45, 2.75) is 59.6 Å². The number of hydrogen-bond donors (Lipinski definition) is 0. The fourth-order valence-corrected chi connectivity index (χ4v) is 4.72. The van der Waals surface area contributed by atoms with Gasteiger partial charge in [-0.3, -0.25) is 4.99 Å². The molecule has 0 saturated heterocycles. The number of aryl methyl sites for hydroxylation is 2. The van der Waals surface area contributed by atoms with E-state index in [1.165, 1.54) is 16.7 Å². The first-order valence-corrected chi connectivity index (χ1v) is 11.5. The van der Waals surface area contributed by atoms with Gasteiger partial charge in [-0.25, -0.2) is 9.48 Å². The Balaban J connectivity index is 1.65. The largest absolute Gasteiger partial charge is 0.444 e. The van der Waals surface area contributed by atoms with E-state index in [9.17, 15) is 4.79 Å². The van der Waals surface area contributed by atoms with Gasteiger partial charge in [0.15, 0.2) is 0 Å². The fraction of sp³-hybridized carbons (Fsp3) is 0.370. The van der Waals surface area contributed by atoms with Gasteiger partial charge in [-0.1, -0.05) is 24.3 Å². The standard InChI is InChI=1S/C27H30N4O2/c1-17-7-6-8-18(2)24(17)31-25(20-9-10-22-19(15-20)11-13-28-22)21-16-30(14-12-23(21)29-31)26(32)33-27(3,4)5/h6-10,13,15H,11-12,14,16H2,1-5H3. The fourth-order valence-electron chi connectivity index (χ4n) is 4.72. The number of fused-ring (bicyclic) bond motifs is 2. The number of para-hydroxylation sites is 1. The van der Waals surface area contributed by atoms with E-state index in [4.69, 9.17) is 9.84 Å². The normalized spacial score (nSPS) is 14.9. The first kappa shape index (κ1) is 21.4. The molecular formula is C27H30N4O2. The van der Waals surface area contributed by atoms with Crippen LogP contribution in [-0.2, 0) is 24.1 Å². The first-order chi connectivity index (χ1) is 15.7. The molecule has 0 aliphatic carbocycles. The average molecular weight is 443 g/mol. The molecule has 3 heterocycles. The Morgan fingerprint density at radius 1 is 1.09 bits per heavy atom. The smallest absolute Gasteiger partial charge is 0.410 e. The van der Waals surface area contributed by atoms with Crippen molar-refractivity contribution in [2.24, 2.45) is 4.99 Å². The number of carbonyl (C=O) groups excluding carboxylic acids is 1. The SMILES string of the molecule is Cc1cccc(C)c1-n1nc2c(c1-c1ccc3c(c1)CC=N3)CN(C(=O)OC(C)(C)C)CC2. The number of amides is 1. The molecule has 0 unspecified atom stereocenters. The lowest BCUT2D eigenvalue weighted by molar-refractivity contribution is 0.0224. The second-order valence-corrected chi connectivity index (χ2v) is 9.94. The van der Waals surface area contributed by atoms with Gasteiger partial charge in [-0.05, 0) is 63.4 Å². The molecule has 0 saturated carbocycles. The molecule has 2 aliphatic heterocycles. The Morgan fingerprint density at radius 3 is 2.58 bits per heavy atom. The van der Waals surface area contributed by atoms with Crippen molar-refractivity contribution in [3.05, 3.63) is 64.3 Å². The predicted octanol–water partition coefficient (Wildman–Crippen LogP) is 5.71. The minimum atomic E-state index is -0.525. The number of aliphatic imine (C=N–C) groups is 1. The number of ether oxygens (including phenoxy) is 1. The minimum Gasteiger partial charge on any atom is -0.444 e. The predicted molar refractivity (Wildman–Crippen MR) is 131 cm³/mol. The van der Waals surface area contributed by atoms with Gasteiger partial charge in [0.05, 0.1) is 29.3 Å². The van der Waals surface area contributed by atoms with Crippen LogP contribution in [-0.4, -0.2) is 39.1 Å². The zero-order chi connectivity index (χ0) is 23.3. The van der Waals surface area contributed by atoms with E-state index in [1.54, 1.807) is 4.90 Å². The zero-order valence-corrected chi connectivity index (χ0v) is 20.0. The maximum Gasteiger partial charge on any atom is 0.410 e. The molecule has 0 fully saturated rings. The highest BCUT2D eigenvalue weighted by atomic mass is 16.6. The molecule has 0 N–H and O–H groups in total. The molecule has 5 rings (SSSR count). The molecule has 6 heteroatoms. The Morgan fingerprint density at radius 2 is 1.85 bits per heavy atom. The molecule has 6 nitrogen and oxygen atoms in total. The van der Waals surface area contributed by atoms with Crippen LogP contribution in [0.2, 0.25) is 0 Å². The lowest BCUT2D eigenvalue weighted by atomic mass is 9.98. The van der Waals surface area contributed by atoms with E-state index in [2.05, 4.69) is 59.9 Å². The Labute approximate surface area is 194 Å². The van der Waals surface area contributed by atoms with Crippen LogP contribution in [0.4, 0.5) is 10.5 Å². The molecule has 170 valence electrons. The monoisotopic (exact) mass is 442 g/mol. The zero-order valence-electron chi connectivity index (χ0n) is 20.0. The van der Waals surface area contributed by atoms with Crippen LogP contribution in [0.3, 0.4) is 0 Å². The Bertz CT molecular complexity index is 1260. The molecule has 0 radical (unpaired) electrons. The van der Waals surface area contributed by atoms with Crippen molar-refractivity contribution in [3.8, 4) is 16.9 Å². The van der Waals surface area contributed by atoms with Crippen LogP contribution in [0.1, 0.15) is 48.7 Å². The summed E-state index contributed by atoms with van der Waals surface area (Å²) in [5.74, 6) is 0. The molecule has 0 spiro atoms.